The predicted octanol–water partition coefficient (Wildman–Crippen LogP) is 4.52. The first-order valence-electron chi connectivity index (χ1n) is 10.1. The van der Waals surface area contributed by atoms with Crippen molar-refractivity contribution in [3.05, 3.63) is 65.2 Å². The largest absolute Gasteiger partial charge is 0.348 e. The van der Waals surface area contributed by atoms with E-state index in [1.165, 1.54) is 4.90 Å². The summed E-state index contributed by atoms with van der Waals surface area (Å²) in [5, 5.41) is -0.631. The van der Waals surface area contributed by atoms with Crippen LogP contribution in [0.4, 0.5) is 4.79 Å². The van der Waals surface area contributed by atoms with Crippen LogP contribution < -0.4 is 0 Å². The minimum absolute atomic E-state index is 0.0459. The molecular weight excluding hydrogens is 432 g/mol. The molecule has 0 aromatic heterocycles. The Labute approximate surface area is 190 Å². The molecule has 2 amide bonds. The van der Waals surface area contributed by atoms with E-state index in [4.69, 9.17) is 4.74 Å². The number of fused-ring (bicyclic) bond motifs is 1. The third kappa shape index (κ3) is 4.51. The van der Waals surface area contributed by atoms with Crippen LogP contribution in [0.2, 0.25) is 0 Å². The number of thioether (sulfide) groups is 2. The van der Waals surface area contributed by atoms with E-state index in [1.54, 1.807) is 16.7 Å². The van der Waals surface area contributed by atoms with Crippen LogP contribution in [0.25, 0.3) is 0 Å². The minimum atomic E-state index is -0.942. The fourth-order valence-electron chi connectivity index (χ4n) is 3.74. The van der Waals surface area contributed by atoms with E-state index in [0.29, 0.717) is 30.4 Å². The van der Waals surface area contributed by atoms with E-state index in [1.807, 2.05) is 69.3 Å². The van der Waals surface area contributed by atoms with Gasteiger partial charge in [0.2, 0.25) is 11.3 Å². The highest BCUT2D eigenvalue weighted by atomic mass is 32.2. The molecule has 8 heteroatoms. The first-order valence-corrected chi connectivity index (χ1v) is 11.7. The van der Waals surface area contributed by atoms with Crippen molar-refractivity contribution >= 4 is 39.8 Å². The van der Waals surface area contributed by atoms with Crippen molar-refractivity contribution in [3.8, 4) is 0 Å². The number of hydrogen-bond acceptors (Lipinski definition) is 6. The van der Waals surface area contributed by atoms with Crippen molar-refractivity contribution in [1.29, 1.82) is 0 Å². The molecule has 0 saturated carbocycles. The van der Waals surface area contributed by atoms with Crippen LogP contribution in [0, 0.1) is 6.92 Å². The van der Waals surface area contributed by atoms with Gasteiger partial charge in [0.25, 0.3) is 11.1 Å². The SMILES string of the molecule is Cc1ccc2c(c1)C(=O)N(CCOC1C(=O)SC(=O)N1Cc1ccccc1)C(C)(C)S2. The molecule has 2 aliphatic heterocycles. The van der Waals surface area contributed by atoms with Gasteiger partial charge in [-0.15, -0.1) is 0 Å². The van der Waals surface area contributed by atoms with Crippen LogP contribution in [0.15, 0.2) is 53.4 Å². The zero-order chi connectivity index (χ0) is 22.2. The van der Waals surface area contributed by atoms with Gasteiger partial charge in [-0.3, -0.25) is 19.3 Å². The number of rotatable bonds is 6. The highest BCUT2D eigenvalue weighted by molar-refractivity contribution is 8.26. The van der Waals surface area contributed by atoms with Crippen LogP contribution in [-0.4, -0.2) is 50.3 Å². The average Bonchev–Trinajstić information content (AvgIpc) is 2.98. The van der Waals surface area contributed by atoms with E-state index >= 15 is 0 Å². The lowest BCUT2D eigenvalue weighted by Gasteiger charge is -2.42. The Balaban J connectivity index is 1.44. The fraction of sp³-hybridized carbons (Fsp3) is 0.348. The molecule has 2 heterocycles. The van der Waals surface area contributed by atoms with Crippen molar-refractivity contribution in [2.75, 3.05) is 13.2 Å². The fourth-order valence-corrected chi connectivity index (χ4v) is 5.70. The average molecular weight is 457 g/mol. The summed E-state index contributed by atoms with van der Waals surface area (Å²) < 4.78 is 5.86. The maximum atomic E-state index is 13.2. The standard InChI is InChI=1S/C23H24N2O4S2/c1-15-9-10-18-17(13-15)19(26)25(23(2,3)31-18)11-12-29-20-21(27)30-22(28)24(20)14-16-7-5-4-6-8-16/h4-10,13,20H,11-12,14H2,1-3H3. The van der Waals surface area contributed by atoms with E-state index in [9.17, 15) is 14.4 Å². The first-order chi connectivity index (χ1) is 14.8. The molecule has 0 spiro atoms. The molecule has 0 N–H and O–H groups in total. The third-order valence-electron chi connectivity index (χ3n) is 5.31. The summed E-state index contributed by atoms with van der Waals surface area (Å²) in [5.41, 5.74) is 2.65. The van der Waals surface area contributed by atoms with Crippen molar-refractivity contribution in [2.45, 2.75) is 43.3 Å². The van der Waals surface area contributed by atoms with Crippen molar-refractivity contribution in [3.63, 3.8) is 0 Å². The molecule has 0 aliphatic carbocycles. The number of nitrogens with zero attached hydrogens (tertiary/aromatic N) is 2. The monoisotopic (exact) mass is 456 g/mol. The number of carbonyl (C=O) groups excluding carboxylic acids is 3. The smallest absolute Gasteiger partial charge is 0.292 e. The number of carbonyl (C=O) groups is 3. The quantitative estimate of drug-likeness (QED) is 0.637. The Bertz CT molecular complexity index is 1030. The maximum absolute atomic E-state index is 13.2. The van der Waals surface area contributed by atoms with Crippen LogP contribution in [-0.2, 0) is 16.1 Å². The Morgan fingerprint density at radius 3 is 2.55 bits per heavy atom. The highest BCUT2D eigenvalue weighted by Gasteiger charge is 2.42. The van der Waals surface area contributed by atoms with Crippen LogP contribution in [0.1, 0.15) is 35.3 Å². The molecule has 31 heavy (non-hydrogen) atoms. The molecule has 0 bridgehead atoms. The maximum Gasteiger partial charge on any atom is 0.292 e. The van der Waals surface area contributed by atoms with Crippen LogP contribution in [0.3, 0.4) is 0 Å². The zero-order valence-electron chi connectivity index (χ0n) is 17.7. The highest BCUT2D eigenvalue weighted by Crippen LogP contribution is 2.43. The number of ether oxygens (including phenoxy) is 1. The van der Waals surface area contributed by atoms with Gasteiger partial charge < -0.3 is 9.64 Å². The van der Waals surface area contributed by atoms with Crippen molar-refractivity contribution < 1.29 is 19.1 Å². The van der Waals surface area contributed by atoms with Gasteiger partial charge in [-0.1, -0.05) is 53.7 Å². The Morgan fingerprint density at radius 2 is 1.81 bits per heavy atom. The van der Waals surface area contributed by atoms with Gasteiger partial charge in [-0.05, 0) is 38.5 Å². The summed E-state index contributed by atoms with van der Waals surface area (Å²) in [5.74, 6) is -0.0459. The van der Waals surface area contributed by atoms with Crippen molar-refractivity contribution in [1.82, 2.24) is 9.80 Å². The Hall–Kier alpha value is -2.29. The second kappa shape index (κ2) is 8.68. The third-order valence-corrected chi connectivity index (χ3v) is 7.42. The predicted molar refractivity (Wildman–Crippen MR) is 122 cm³/mol. The van der Waals surface area contributed by atoms with E-state index in [-0.39, 0.29) is 22.9 Å². The summed E-state index contributed by atoms with van der Waals surface area (Å²) in [6.45, 7) is 6.76. The summed E-state index contributed by atoms with van der Waals surface area (Å²) in [7, 11) is 0. The summed E-state index contributed by atoms with van der Waals surface area (Å²) >= 11 is 2.31. The Morgan fingerprint density at radius 1 is 1.06 bits per heavy atom. The van der Waals surface area contributed by atoms with Crippen LogP contribution >= 0.6 is 23.5 Å². The Kier molecular flexibility index (Phi) is 6.14. The lowest BCUT2D eigenvalue weighted by molar-refractivity contribution is -0.130. The number of aryl methyl sites for hydroxylation is 1. The number of benzene rings is 2. The molecule has 1 fully saturated rings. The molecule has 162 valence electrons. The molecule has 6 nitrogen and oxygen atoms in total. The normalized spacial score (nSPS) is 20.4. The van der Waals surface area contributed by atoms with Gasteiger partial charge in [-0.25, -0.2) is 0 Å². The lowest BCUT2D eigenvalue weighted by Crippen LogP contribution is -2.50. The zero-order valence-corrected chi connectivity index (χ0v) is 19.3. The van der Waals surface area contributed by atoms with Crippen LogP contribution in [0.5, 0.6) is 0 Å². The molecule has 1 atom stereocenters. The lowest BCUT2D eigenvalue weighted by atomic mass is 10.1. The summed E-state index contributed by atoms with van der Waals surface area (Å²) in [6, 6.07) is 15.4. The molecule has 4 rings (SSSR count). The van der Waals surface area contributed by atoms with Gasteiger partial charge in [0.05, 0.1) is 17.0 Å². The van der Waals surface area contributed by atoms with E-state index < -0.39 is 11.1 Å². The molecule has 0 radical (unpaired) electrons. The second-order valence-corrected chi connectivity index (χ2v) is 10.6. The topological polar surface area (TPSA) is 66.9 Å². The first kappa shape index (κ1) is 21.9. The summed E-state index contributed by atoms with van der Waals surface area (Å²) in [4.78, 5) is 41.6. The van der Waals surface area contributed by atoms with E-state index in [2.05, 4.69) is 0 Å². The number of amides is 2. The summed E-state index contributed by atoms with van der Waals surface area (Å²) in [6.07, 6.45) is -0.942. The van der Waals surface area contributed by atoms with Crippen molar-refractivity contribution in [2.24, 2.45) is 0 Å². The van der Waals surface area contributed by atoms with Gasteiger partial charge in [0.15, 0.2) is 0 Å². The minimum Gasteiger partial charge on any atom is -0.348 e. The van der Waals surface area contributed by atoms with Gasteiger partial charge in [-0.2, -0.15) is 0 Å². The van der Waals surface area contributed by atoms with Gasteiger partial charge in [0, 0.05) is 29.7 Å². The molecule has 2 aliphatic rings. The molecule has 2 aromatic rings. The van der Waals surface area contributed by atoms with Gasteiger partial charge in [0.1, 0.15) is 0 Å². The second-order valence-electron chi connectivity index (χ2n) is 8.03. The van der Waals surface area contributed by atoms with Gasteiger partial charge >= 0.3 is 0 Å². The van der Waals surface area contributed by atoms with E-state index in [0.717, 1.165) is 16.0 Å². The molecule has 1 saturated heterocycles. The molecular formula is C23H24N2O4S2. The molecule has 2 aromatic carbocycles. The number of hydrogen-bond donors (Lipinski definition) is 0. The molecule has 1 unspecified atom stereocenters.